The SMILES string of the molecule is CC(C)c1nnc(NC(=O)C2CCCN(S(C)(=O)=O)C2)s1. The van der Waals surface area contributed by atoms with Crippen LogP contribution in [0.1, 0.15) is 37.6 Å². The van der Waals surface area contributed by atoms with Gasteiger partial charge in [-0.25, -0.2) is 12.7 Å². The number of nitrogens with one attached hydrogen (secondary N) is 1. The van der Waals surface area contributed by atoms with Crippen LogP contribution in [0.15, 0.2) is 0 Å². The number of carbonyl (C=O) groups is 1. The summed E-state index contributed by atoms with van der Waals surface area (Å²) in [6, 6.07) is 0. The minimum absolute atomic E-state index is 0.185. The van der Waals surface area contributed by atoms with Gasteiger partial charge in [0.05, 0.1) is 12.2 Å². The topological polar surface area (TPSA) is 92.3 Å². The zero-order valence-corrected chi connectivity index (χ0v) is 14.0. The first-order valence-corrected chi connectivity index (χ1v) is 9.53. The Kier molecular flexibility index (Phi) is 4.95. The number of aromatic nitrogens is 2. The normalized spacial score (nSPS) is 20.7. The van der Waals surface area contributed by atoms with E-state index >= 15 is 0 Å². The molecule has 2 rings (SSSR count). The molecule has 1 aromatic rings. The summed E-state index contributed by atoms with van der Waals surface area (Å²) in [6.45, 7) is 4.74. The first-order valence-electron chi connectivity index (χ1n) is 6.86. The average molecular weight is 332 g/mol. The molecular formula is C12H20N4O3S2. The van der Waals surface area contributed by atoms with Crippen molar-refractivity contribution >= 4 is 32.4 Å². The second-order valence-electron chi connectivity index (χ2n) is 5.55. The number of amides is 1. The molecule has 1 atom stereocenters. The Labute approximate surface area is 128 Å². The summed E-state index contributed by atoms with van der Waals surface area (Å²) in [7, 11) is -3.24. The van der Waals surface area contributed by atoms with E-state index in [0.717, 1.165) is 5.01 Å². The molecule has 0 saturated carbocycles. The second kappa shape index (κ2) is 6.37. The second-order valence-corrected chi connectivity index (χ2v) is 8.54. The summed E-state index contributed by atoms with van der Waals surface area (Å²) in [5.74, 6) is -0.252. The first kappa shape index (κ1) is 16.3. The van der Waals surface area contributed by atoms with Crippen LogP contribution in [0.5, 0.6) is 0 Å². The highest BCUT2D eigenvalue weighted by molar-refractivity contribution is 7.88. The van der Waals surface area contributed by atoms with Crippen molar-refractivity contribution in [2.45, 2.75) is 32.6 Å². The number of rotatable bonds is 4. The number of carbonyl (C=O) groups excluding carboxylic acids is 1. The van der Waals surface area contributed by atoms with Crippen LogP contribution in [-0.2, 0) is 14.8 Å². The van der Waals surface area contributed by atoms with Crippen LogP contribution in [0.4, 0.5) is 5.13 Å². The lowest BCUT2D eigenvalue weighted by molar-refractivity contribution is -0.120. The Morgan fingerprint density at radius 2 is 2.14 bits per heavy atom. The highest BCUT2D eigenvalue weighted by Gasteiger charge is 2.30. The van der Waals surface area contributed by atoms with Gasteiger partial charge in [-0.15, -0.1) is 10.2 Å². The molecule has 1 fully saturated rings. The van der Waals surface area contributed by atoms with Gasteiger partial charge in [0.1, 0.15) is 5.01 Å². The van der Waals surface area contributed by atoms with Crippen molar-refractivity contribution in [3.05, 3.63) is 5.01 Å². The summed E-state index contributed by atoms with van der Waals surface area (Å²) in [5, 5.41) is 12.0. The van der Waals surface area contributed by atoms with Crippen molar-refractivity contribution in [1.29, 1.82) is 0 Å². The maximum absolute atomic E-state index is 12.2. The first-order chi connectivity index (χ1) is 9.77. The van der Waals surface area contributed by atoms with Crippen molar-refractivity contribution in [3.8, 4) is 0 Å². The Hall–Kier alpha value is -1.06. The van der Waals surface area contributed by atoms with E-state index in [0.29, 0.717) is 24.5 Å². The zero-order valence-electron chi connectivity index (χ0n) is 12.4. The maximum Gasteiger partial charge on any atom is 0.230 e. The molecule has 0 aromatic carbocycles. The van der Waals surface area contributed by atoms with Gasteiger partial charge in [0.2, 0.25) is 21.1 Å². The minimum atomic E-state index is -3.24. The van der Waals surface area contributed by atoms with E-state index < -0.39 is 10.0 Å². The van der Waals surface area contributed by atoms with Gasteiger partial charge in [0.15, 0.2) is 0 Å². The number of sulfonamides is 1. The van der Waals surface area contributed by atoms with E-state index in [1.54, 1.807) is 0 Å². The summed E-state index contributed by atoms with van der Waals surface area (Å²) in [4.78, 5) is 12.2. The van der Waals surface area contributed by atoms with Gasteiger partial charge in [-0.2, -0.15) is 0 Å². The fraction of sp³-hybridized carbons (Fsp3) is 0.750. The van der Waals surface area contributed by atoms with Gasteiger partial charge in [-0.05, 0) is 12.8 Å². The third-order valence-corrected chi connectivity index (χ3v) is 5.80. The number of piperidine rings is 1. The standard InChI is InChI=1S/C12H20N4O3S2/c1-8(2)11-14-15-12(20-11)13-10(17)9-5-4-6-16(7-9)21(3,18)19/h8-9H,4-7H2,1-3H3,(H,13,15,17). The van der Waals surface area contributed by atoms with Gasteiger partial charge in [0, 0.05) is 19.0 Å². The summed E-state index contributed by atoms with van der Waals surface area (Å²) >= 11 is 1.35. The minimum Gasteiger partial charge on any atom is -0.300 e. The summed E-state index contributed by atoms with van der Waals surface area (Å²) in [5.41, 5.74) is 0. The van der Waals surface area contributed by atoms with Crippen molar-refractivity contribution in [2.75, 3.05) is 24.7 Å². The Bertz CT molecular complexity index is 612. The van der Waals surface area contributed by atoms with E-state index in [9.17, 15) is 13.2 Å². The molecule has 7 nitrogen and oxygen atoms in total. The molecule has 1 saturated heterocycles. The predicted octanol–water partition coefficient (Wildman–Crippen LogP) is 1.27. The largest absolute Gasteiger partial charge is 0.300 e. The Morgan fingerprint density at radius 3 is 2.71 bits per heavy atom. The van der Waals surface area contributed by atoms with Gasteiger partial charge < -0.3 is 5.32 Å². The molecule has 0 radical (unpaired) electrons. The van der Waals surface area contributed by atoms with Gasteiger partial charge >= 0.3 is 0 Å². The fourth-order valence-corrected chi connectivity index (χ4v) is 3.84. The molecule has 21 heavy (non-hydrogen) atoms. The molecule has 1 aliphatic rings. The highest BCUT2D eigenvalue weighted by Crippen LogP contribution is 2.24. The average Bonchev–Trinajstić information content (AvgIpc) is 2.86. The number of anilines is 1. The summed E-state index contributed by atoms with van der Waals surface area (Å²) in [6.07, 6.45) is 2.55. The Morgan fingerprint density at radius 1 is 1.43 bits per heavy atom. The van der Waals surface area contributed by atoms with E-state index in [1.807, 2.05) is 13.8 Å². The lowest BCUT2D eigenvalue weighted by atomic mass is 9.99. The molecule has 1 amide bonds. The van der Waals surface area contributed by atoms with E-state index in [-0.39, 0.29) is 24.3 Å². The number of hydrogen-bond donors (Lipinski definition) is 1. The van der Waals surface area contributed by atoms with E-state index in [2.05, 4.69) is 15.5 Å². The molecule has 9 heteroatoms. The molecule has 1 aromatic heterocycles. The molecule has 1 unspecified atom stereocenters. The molecular weight excluding hydrogens is 312 g/mol. The van der Waals surface area contributed by atoms with Crippen LogP contribution in [0.3, 0.4) is 0 Å². The lowest BCUT2D eigenvalue weighted by Crippen LogP contribution is -2.43. The monoisotopic (exact) mass is 332 g/mol. The van der Waals surface area contributed by atoms with Crippen LogP contribution in [0.25, 0.3) is 0 Å². The van der Waals surface area contributed by atoms with Crippen LogP contribution in [-0.4, -0.2) is 48.2 Å². The van der Waals surface area contributed by atoms with Gasteiger partial charge in [-0.1, -0.05) is 25.2 Å². The number of hydrogen-bond acceptors (Lipinski definition) is 6. The molecule has 118 valence electrons. The highest BCUT2D eigenvalue weighted by atomic mass is 32.2. The molecule has 0 spiro atoms. The maximum atomic E-state index is 12.2. The third kappa shape index (κ3) is 4.21. The predicted molar refractivity (Wildman–Crippen MR) is 81.8 cm³/mol. The van der Waals surface area contributed by atoms with E-state index in [4.69, 9.17) is 0 Å². The van der Waals surface area contributed by atoms with Crippen molar-refractivity contribution in [1.82, 2.24) is 14.5 Å². The molecule has 0 bridgehead atoms. The quantitative estimate of drug-likeness (QED) is 0.896. The zero-order chi connectivity index (χ0) is 15.6. The van der Waals surface area contributed by atoms with Gasteiger partial charge in [-0.3, -0.25) is 4.79 Å². The number of nitrogens with zero attached hydrogens (tertiary/aromatic N) is 3. The molecule has 1 N–H and O–H groups in total. The molecule has 2 heterocycles. The summed E-state index contributed by atoms with van der Waals surface area (Å²) < 4.78 is 24.5. The van der Waals surface area contributed by atoms with Gasteiger partial charge in [0.25, 0.3) is 0 Å². The molecule has 1 aliphatic heterocycles. The van der Waals surface area contributed by atoms with Crippen molar-refractivity contribution < 1.29 is 13.2 Å². The van der Waals surface area contributed by atoms with Crippen LogP contribution >= 0.6 is 11.3 Å². The van der Waals surface area contributed by atoms with Crippen LogP contribution in [0.2, 0.25) is 0 Å². The van der Waals surface area contributed by atoms with E-state index in [1.165, 1.54) is 21.9 Å². The molecule has 0 aliphatic carbocycles. The smallest absolute Gasteiger partial charge is 0.230 e. The van der Waals surface area contributed by atoms with Crippen LogP contribution in [0, 0.1) is 5.92 Å². The lowest BCUT2D eigenvalue weighted by Gasteiger charge is -2.29. The van der Waals surface area contributed by atoms with Crippen LogP contribution < -0.4 is 5.32 Å². The third-order valence-electron chi connectivity index (χ3n) is 3.39. The van der Waals surface area contributed by atoms with Crippen molar-refractivity contribution in [2.24, 2.45) is 5.92 Å². The fourth-order valence-electron chi connectivity index (χ4n) is 2.18. The Balaban J connectivity index is 1.99. The van der Waals surface area contributed by atoms with Crippen molar-refractivity contribution in [3.63, 3.8) is 0 Å².